The molecule has 3 aromatic rings. The second kappa shape index (κ2) is 8.36. The van der Waals surface area contributed by atoms with E-state index in [1.54, 1.807) is 23.5 Å². The monoisotopic (exact) mass is 425 g/mol. The summed E-state index contributed by atoms with van der Waals surface area (Å²) in [5, 5.41) is -0.0639. The SMILES string of the molecule is CN(C)c1ncc(-c2ccncc2)c(C2CCCN2C(=O)c2ccc(F)c(Cl)c2)n1. The predicted molar refractivity (Wildman–Crippen MR) is 114 cm³/mol. The van der Waals surface area contributed by atoms with Crippen LogP contribution in [0.1, 0.15) is 34.9 Å². The molecule has 154 valence electrons. The van der Waals surface area contributed by atoms with Crippen LogP contribution in [0.3, 0.4) is 0 Å². The van der Waals surface area contributed by atoms with Crippen molar-refractivity contribution in [2.45, 2.75) is 18.9 Å². The highest BCUT2D eigenvalue weighted by atomic mass is 35.5. The molecule has 30 heavy (non-hydrogen) atoms. The van der Waals surface area contributed by atoms with Crippen molar-refractivity contribution in [2.75, 3.05) is 25.5 Å². The summed E-state index contributed by atoms with van der Waals surface area (Å²) < 4.78 is 13.6. The number of nitrogens with zero attached hydrogens (tertiary/aromatic N) is 5. The van der Waals surface area contributed by atoms with Crippen LogP contribution in [0.4, 0.5) is 10.3 Å². The molecule has 1 amide bonds. The van der Waals surface area contributed by atoms with Crippen molar-refractivity contribution in [3.05, 3.63) is 71.0 Å². The Morgan fingerprint density at radius 2 is 2.00 bits per heavy atom. The van der Waals surface area contributed by atoms with E-state index in [0.29, 0.717) is 18.1 Å². The summed E-state index contributed by atoms with van der Waals surface area (Å²) in [6, 6.07) is 7.65. The third-order valence-electron chi connectivity index (χ3n) is 5.19. The summed E-state index contributed by atoms with van der Waals surface area (Å²) in [6.45, 7) is 0.593. The number of carbonyl (C=O) groups is 1. The van der Waals surface area contributed by atoms with Crippen LogP contribution >= 0.6 is 11.6 Å². The zero-order chi connectivity index (χ0) is 21.3. The van der Waals surface area contributed by atoms with Crippen molar-refractivity contribution >= 4 is 23.5 Å². The molecule has 1 aliphatic heterocycles. The second-order valence-corrected chi connectivity index (χ2v) is 7.79. The van der Waals surface area contributed by atoms with E-state index in [2.05, 4.69) is 9.97 Å². The minimum atomic E-state index is -0.544. The molecule has 1 saturated heterocycles. The fraction of sp³-hybridized carbons (Fsp3) is 0.273. The topological polar surface area (TPSA) is 62.2 Å². The Morgan fingerprint density at radius 3 is 2.70 bits per heavy atom. The fourth-order valence-corrected chi connectivity index (χ4v) is 3.88. The van der Waals surface area contributed by atoms with Gasteiger partial charge in [0.1, 0.15) is 5.82 Å². The maximum atomic E-state index is 13.6. The van der Waals surface area contributed by atoms with E-state index >= 15 is 0 Å². The van der Waals surface area contributed by atoms with Gasteiger partial charge < -0.3 is 9.80 Å². The Hall–Kier alpha value is -3.06. The molecule has 0 N–H and O–H groups in total. The predicted octanol–water partition coefficient (Wildman–Crippen LogP) is 4.37. The van der Waals surface area contributed by atoms with Crippen LogP contribution in [0.5, 0.6) is 0 Å². The molecule has 4 rings (SSSR count). The van der Waals surface area contributed by atoms with Crippen LogP contribution < -0.4 is 4.90 Å². The summed E-state index contributed by atoms with van der Waals surface area (Å²) in [6.07, 6.45) is 6.86. The second-order valence-electron chi connectivity index (χ2n) is 7.38. The molecule has 1 atom stereocenters. The number of halogens is 2. The normalized spacial score (nSPS) is 16.0. The van der Waals surface area contributed by atoms with Gasteiger partial charge in [-0.05, 0) is 48.7 Å². The Labute approximate surface area is 179 Å². The summed E-state index contributed by atoms with van der Waals surface area (Å²) in [7, 11) is 3.76. The first-order valence-corrected chi connectivity index (χ1v) is 10.0. The van der Waals surface area contributed by atoms with E-state index in [9.17, 15) is 9.18 Å². The third-order valence-corrected chi connectivity index (χ3v) is 5.48. The number of hydrogen-bond acceptors (Lipinski definition) is 5. The average Bonchev–Trinajstić information content (AvgIpc) is 3.25. The molecular formula is C22H21ClFN5O. The average molecular weight is 426 g/mol. The molecule has 0 aliphatic carbocycles. The molecule has 1 aliphatic rings. The smallest absolute Gasteiger partial charge is 0.254 e. The van der Waals surface area contributed by atoms with Crippen LogP contribution in [0.15, 0.2) is 48.9 Å². The number of rotatable bonds is 4. The molecule has 8 heteroatoms. The van der Waals surface area contributed by atoms with E-state index in [0.717, 1.165) is 29.7 Å². The van der Waals surface area contributed by atoms with Crippen molar-refractivity contribution in [3.63, 3.8) is 0 Å². The molecule has 1 fully saturated rings. The zero-order valence-electron chi connectivity index (χ0n) is 16.7. The molecule has 3 heterocycles. The molecule has 0 saturated carbocycles. The number of pyridine rings is 1. The summed E-state index contributed by atoms with van der Waals surface area (Å²) >= 11 is 5.90. The third kappa shape index (κ3) is 3.85. The number of hydrogen-bond donors (Lipinski definition) is 0. The molecular weight excluding hydrogens is 405 g/mol. The lowest BCUT2D eigenvalue weighted by Crippen LogP contribution is -2.31. The zero-order valence-corrected chi connectivity index (χ0v) is 17.5. The molecule has 0 bridgehead atoms. The van der Waals surface area contributed by atoms with Gasteiger partial charge in [-0.3, -0.25) is 9.78 Å². The molecule has 2 aromatic heterocycles. The van der Waals surface area contributed by atoms with Crippen LogP contribution in [-0.2, 0) is 0 Å². The quantitative estimate of drug-likeness (QED) is 0.621. The van der Waals surface area contributed by atoms with E-state index in [4.69, 9.17) is 16.6 Å². The number of amides is 1. The first-order valence-electron chi connectivity index (χ1n) is 9.66. The molecule has 1 aromatic carbocycles. The standard InChI is InChI=1S/C22H21ClFN5O/c1-28(2)22-26-13-16(14-7-9-25-10-8-14)20(27-22)19-4-3-11-29(19)21(30)15-5-6-18(24)17(23)12-15/h5-10,12-13,19H,3-4,11H2,1-2H3. The number of likely N-dealkylation sites (tertiary alicyclic amines) is 1. The van der Waals surface area contributed by atoms with Gasteiger partial charge in [0.05, 0.1) is 16.8 Å². The van der Waals surface area contributed by atoms with Crippen molar-refractivity contribution in [1.82, 2.24) is 19.9 Å². The van der Waals surface area contributed by atoms with Gasteiger partial charge in [-0.25, -0.2) is 14.4 Å². The van der Waals surface area contributed by atoms with Gasteiger partial charge in [-0.2, -0.15) is 0 Å². The van der Waals surface area contributed by atoms with Crippen molar-refractivity contribution < 1.29 is 9.18 Å². The highest BCUT2D eigenvalue weighted by molar-refractivity contribution is 6.31. The van der Waals surface area contributed by atoms with Gasteiger partial charge >= 0.3 is 0 Å². The number of aromatic nitrogens is 3. The van der Waals surface area contributed by atoms with Gasteiger partial charge in [-0.15, -0.1) is 0 Å². The van der Waals surface area contributed by atoms with Gasteiger partial charge in [-0.1, -0.05) is 11.6 Å². The minimum absolute atomic E-state index is 0.0639. The number of benzene rings is 1. The van der Waals surface area contributed by atoms with Gasteiger partial charge in [0.25, 0.3) is 5.91 Å². The molecule has 0 radical (unpaired) electrons. The first-order chi connectivity index (χ1) is 14.5. The Bertz CT molecular complexity index is 1080. The number of carbonyl (C=O) groups excluding carboxylic acids is 1. The van der Waals surface area contributed by atoms with E-state index in [1.165, 1.54) is 18.2 Å². The molecule has 6 nitrogen and oxygen atoms in total. The first kappa shape index (κ1) is 20.2. The Balaban J connectivity index is 1.76. The largest absolute Gasteiger partial charge is 0.347 e. The summed E-state index contributed by atoms with van der Waals surface area (Å²) in [4.78, 5) is 30.2. The Morgan fingerprint density at radius 1 is 1.23 bits per heavy atom. The van der Waals surface area contributed by atoms with Crippen LogP contribution in [0.2, 0.25) is 5.02 Å². The van der Waals surface area contributed by atoms with Crippen LogP contribution in [0.25, 0.3) is 11.1 Å². The van der Waals surface area contributed by atoms with E-state index < -0.39 is 5.82 Å². The van der Waals surface area contributed by atoms with Gasteiger partial charge in [0.2, 0.25) is 5.95 Å². The summed E-state index contributed by atoms with van der Waals surface area (Å²) in [5.74, 6) is -0.158. The fourth-order valence-electron chi connectivity index (χ4n) is 3.70. The maximum Gasteiger partial charge on any atom is 0.254 e. The number of anilines is 1. The molecule has 0 spiro atoms. The van der Waals surface area contributed by atoms with Crippen LogP contribution in [0, 0.1) is 5.82 Å². The highest BCUT2D eigenvalue weighted by Gasteiger charge is 2.34. The van der Waals surface area contributed by atoms with E-state index in [1.807, 2.05) is 31.1 Å². The van der Waals surface area contributed by atoms with Gasteiger partial charge in [0, 0.05) is 50.4 Å². The molecule has 1 unspecified atom stereocenters. The Kier molecular flexibility index (Phi) is 5.63. The van der Waals surface area contributed by atoms with Gasteiger partial charge in [0.15, 0.2) is 0 Å². The lowest BCUT2D eigenvalue weighted by molar-refractivity contribution is 0.0733. The summed E-state index contributed by atoms with van der Waals surface area (Å²) in [5.41, 5.74) is 2.96. The van der Waals surface area contributed by atoms with Crippen molar-refractivity contribution in [3.8, 4) is 11.1 Å². The maximum absolute atomic E-state index is 13.6. The lowest BCUT2D eigenvalue weighted by Gasteiger charge is -2.27. The van der Waals surface area contributed by atoms with Crippen LogP contribution in [-0.4, -0.2) is 46.4 Å². The van der Waals surface area contributed by atoms with Crippen molar-refractivity contribution in [2.24, 2.45) is 0 Å². The van der Waals surface area contributed by atoms with Crippen molar-refractivity contribution in [1.29, 1.82) is 0 Å². The minimum Gasteiger partial charge on any atom is -0.347 e. The lowest BCUT2D eigenvalue weighted by atomic mass is 10.0. The van der Waals surface area contributed by atoms with E-state index in [-0.39, 0.29) is 17.0 Å². The highest BCUT2D eigenvalue weighted by Crippen LogP contribution is 2.38.